The molecule has 0 aliphatic rings. The zero-order chi connectivity index (χ0) is 17.2. The maximum absolute atomic E-state index is 10.9. The third kappa shape index (κ3) is 5.61. The van der Waals surface area contributed by atoms with Gasteiger partial charge >= 0.3 is 7.82 Å². The molecule has 7 heteroatoms. The molecule has 126 valence electrons. The van der Waals surface area contributed by atoms with Crippen molar-refractivity contribution in [3.8, 4) is 0 Å². The molecule has 2 N–H and O–H groups in total. The molecule has 0 radical (unpaired) electrons. The smallest absolute Gasteiger partial charge is 0.413 e. The number of hydrogen-bond acceptors (Lipinski definition) is 3. The molecule has 0 atom stereocenters. The van der Waals surface area contributed by atoms with Crippen LogP contribution in [0.3, 0.4) is 0 Å². The van der Waals surface area contributed by atoms with E-state index in [1.165, 1.54) is 0 Å². The largest absolute Gasteiger partial charge is 0.469 e. The van der Waals surface area contributed by atoms with Crippen molar-refractivity contribution in [3.05, 3.63) is 34.9 Å². The molecule has 0 aliphatic heterocycles. The molecule has 0 spiro atoms. The normalized spacial score (nSPS) is 13.5. The van der Waals surface area contributed by atoms with E-state index < -0.39 is 16.1 Å². The summed E-state index contributed by atoms with van der Waals surface area (Å²) < 4.78 is 21.8. The molecule has 0 aromatic heterocycles. The Hall–Kier alpha value is -0.493. The van der Waals surface area contributed by atoms with Gasteiger partial charge in [-0.05, 0) is 41.7 Å². The minimum Gasteiger partial charge on any atom is -0.413 e. The molecule has 0 bridgehead atoms. The van der Waals surface area contributed by atoms with E-state index in [9.17, 15) is 4.57 Å². The second kappa shape index (κ2) is 6.95. The number of hydrogen-bond donors (Lipinski definition) is 2. The van der Waals surface area contributed by atoms with Crippen LogP contribution in [-0.2, 0) is 26.7 Å². The summed E-state index contributed by atoms with van der Waals surface area (Å²) >= 11 is 0. The van der Waals surface area contributed by atoms with Crippen LogP contribution in [0.15, 0.2) is 18.2 Å². The van der Waals surface area contributed by atoms with Crippen molar-refractivity contribution in [1.29, 1.82) is 0 Å². The second-order valence-electron chi connectivity index (χ2n) is 7.03. The van der Waals surface area contributed by atoms with E-state index in [0.717, 1.165) is 16.7 Å². The second-order valence-corrected chi connectivity index (χ2v) is 13.1. The van der Waals surface area contributed by atoms with Crippen molar-refractivity contribution in [3.63, 3.8) is 0 Å². The van der Waals surface area contributed by atoms with Crippen LogP contribution in [0.1, 0.15) is 37.5 Å². The van der Waals surface area contributed by atoms with Crippen LogP contribution in [0.25, 0.3) is 0 Å². The van der Waals surface area contributed by atoms with Gasteiger partial charge in [-0.15, -0.1) is 0 Å². The van der Waals surface area contributed by atoms with Crippen LogP contribution in [0.2, 0.25) is 18.1 Å². The lowest BCUT2D eigenvalue weighted by molar-refractivity contribution is 0.186. The molecule has 0 heterocycles. The van der Waals surface area contributed by atoms with Gasteiger partial charge < -0.3 is 14.2 Å². The average Bonchev–Trinajstić information content (AvgIpc) is 2.32. The highest BCUT2D eigenvalue weighted by Crippen LogP contribution is 2.39. The predicted molar refractivity (Wildman–Crippen MR) is 90.0 cm³/mol. The lowest BCUT2D eigenvalue weighted by Crippen LogP contribution is -2.40. The molecule has 0 amide bonds. The fourth-order valence-corrected chi connectivity index (χ4v) is 2.97. The molecular formula is C15H27O5PSi. The zero-order valence-electron chi connectivity index (χ0n) is 14.2. The molecule has 0 saturated carbocycles. The Bertz CT molecular complexity index is 560. The van der Waals surface area contributed by atoms with Gasteiger partial charge in [0.2, 0.25) is 0 Å². The molecule has 1 aromatic rings. The number of benzene rings is 1. The maximum atomic E-state index is 10.9. The minimum absolute atomic E-state index is 0.111. The van der Waals surface area contributed by atoms with Crippen LogP contribution in [0.5, 0.6) is 0 Å². The van der Waals surface area contributed by atoms with E-state index in [4.69, 9.17) is 14.2 Å². The summed E-state index contributed by atoms with van der Waals surface area (Å²) in [4.78, 5) is 17.8. The SMILES string of the molecule is Cc1cccc(CO[Si](C)(C)C(C)(C)C)c1COP(=O)(O)O. The van der Waals surface area contributed by atoms with Crippen LogP contribution in [-0.4, -0.2) is 18.1 Å². The molecule has 22 heavy (non-hydrogen) atoms. The quantitative estimate of drug-likeness (QED) is 0.598. The molecule has 0 saturated heterocycles. The van der Waals surface area contributed by atoms with Gasteiger partial charge in [-0.2, -0.15) is 0 Å². The third-order valence-corrected chi connectivity index (χ3v) is 9.22. The Balaban J connectivity index is 2.92. The highest BCUT2D eigenvalue weighted by atomic mass is 31.2. The average molecular weight is 346 g/mol. The highest BCUT2D eigenvalue weighted by molar-refractivity contribution is 7.46. The lowest BCUT2D eigenvalue weighted by atomic mass is 10.0. The van der Waals surface area contributed by atoms with Gasteiger partial charge in [0.1, 0.15) is 0 Å². The van der Waals surface area contributed by atoms with E-state index in [1.807, 2.05) is 25.1 Å². The summed E-state index contributed by atoms with van der Waals surface area (Å²) in [5.74, 6) is 0. The Morgan fingerprint density at radius 2 is 1.77 bits per heavy atom. The van der Waals surface area contributed by atoms with Crippen LogP contribution >= 0.6 is 7.82 Å². The van der Waals surface area contributed by atoms with Crippen molar-refractivity contribution in [2.45, 2.75) is 59.0 Å². The minimum atomic E-state index is -4.48. The molecule has 0 fully saturated rings. The van der Waals surface area contributed by atoms with Crippen LogP contribution < -0.4 is 0 Å². The molecule has 1 aromatic carbocycles. The summed E-state index contributed by atoms with van der Waals surface area (Å²) in [5, 5.41) is 0.111. The third-order valence-electron chi connectivity index (χ3n) is 4.28. The fraction of sp³-hybridized carbons (Fsp3) is 0.600. The van der Waals surface area contributed by atoms with Gasteiger partial charge in [0.25, 0.3) is 0 Å². The van der Waals surface area contributed by atoms with Gasteiger partial charge in [-0.3, -0.25) is 4.52 Å². The van der Waals surface area contributed by atoms with Crippen molar-refractivity contribution >= 4 is 16.1 Å². The summed E-state index contributed by atoms with van der Waals surface area (Å²) in [6.07, 6.45) is 0. The standard InChI is InChI=1S/C15H27O5PSi/c1-12-8-7-9-13(14(12)11-19-21(16,17)18)10-20-22(5,6)15(2,3)4/h7-9H,10-11H2,1-6H3,(H2,16,17,18). The zero-order valence-corrected chi connectivity index (χ0v) is 16.1. The van der Waals surface area contributed by atoms with Crippen LogP contribution in [0, 0.1) is 6.92 Å². The van der Waals surface area contributed by atoms with Gasteiger partial charge in [0.15, 0.2) is 8.32 Å². The van der Waals surface area contributed by atoms with Crippen molar-refractivity contribution < 1.29 is 23.3 Å². The van der Waals surface area contributed by atoms with Gasteiger partial charge in [-0.1, -0.05) is 39.0 Å². The van der Waals surface area contributed by atoms with E-state index >= 15 is 0 Å². The first kappa shape index (κ1) is 19.6. The maximum Gasteiger partial charge on any atom is 0.469 e. The Kier molecular flexibility index (Phi) is 6.18. The highest BCUT2D eigenvalue weighted by Gasteiger charge is 2.37. The first-order valence-corrected chi connectivity index (χ1v) is 11.7. The van der Waals surface area contributed by atoms with Crippen molar-refractivity contribution in [2.24, 2.45) is 0 Å². The Morgan fingerprint density at radius 1 is 1.18 bits per heavy atom. The summed E-state index contributed by atoms with van der Waals surface area (Å²) in [5.41, 5.74) is 2.63. The Morgan fingerprint density at radius 3 is 2.27 bits per heavy atom. The molecule has 0 aliphatic carbocycles. The number of phosphoric acid groups is 1. The molecule has 5 nitrogen and oxygen atoms in total. The van der Waals surface area contributed by atoms with Gasteiger partial charge in [0, 0.05) is 0 Å². The molecule has 0 unspecified atom stereocenters. The van der Waals surface area contributed by atoms with Crippen LogP contribution in [0.4, 0.5) is 0 Å². The summed E-state index contributed by atoms with van der Waals surface area (Å²) in [7, 11) is -6.36. The Labute approximate surface area is 134 Å². The first-order chi connectivity index (χ1) is 9.83. The molecule has 1 rings (SSSR count). The molecular weight excluding hydrogens is 319 g/mol. The number of phosphoric ester groups is 1. The fourth-order valence-electron chi connectivity index (χ4n) is 1.73. The lowest BCUT2D eigenvalue weighted by Gasteiger charge is -2.36. The van der Waals surface area contributed by atoms with Gasteiger partial charge in [0.05, 0.1) is 13.2 Å². The first-order valence-electron chi connectivity index (χ1n) is 7.25. The monoisotopic (exact) mass is 346 g/mol. The van der Waals surface area contributed by atoms with Gasteiger partial charge in [-0.25, -0.2) is 4.57 Å². The van der Waals surface area contributed by atoms with E-state index in [1.54, 1.807) is 0 Å². The van der Waals surface area contributed by atoms with Crippen molar-refractivity contribution in [2.75, 3.05) is 0 Å². The summed E-state index contributed by atoms with van der Waals surface area (Å²) in [6.45, 7) is 13.1. The van der Waals surface area contributed by atoms with Crippen molar-refractivity contribution in [1.82, 2.24) is 0 Å². The number of aryl methyl sites for hydroxylation is 1. The summed E-state index contributed by atoms with van der Waals surface area (Å²) in [6, 6.07) is 5.73. The van der Waals surface area contributed by atoms with E-state index in [-0.39, 0.29) is 11.6 Å². The topological polar surface area (TPSA) is 76.0 Å². The van der Waals surface area contributed by atoms with E-state index in [0.29, 0.717) is 6.61 Å². The predicted octanol–water partition coefficient (Wildman–Crippen LogP) is 4.13. The van der Waals surface area contributed by atoms with E-state index in [2.05, 4.69) is 38.4 Å². The number of rotatable bonds is 6.